The average Bonchev–Trinajstić information content (AvgIpc) is 3.34. The van der Waals surface area contributed by atoms with Gasteiger partial charge in [-0.1, -0.05) is 6.07 Å². The van der Waals surface area contributed by atoms with Crippen LogP contribution < -0.4 is 14.2 Å². The van der Waals surface area contributed by atoms with Crippen LogP contribution in [-0.2, 0) is 16.0 Å². The molecule has 2 aliphatic heterocycles. The molecule has 4 rings (SSSR count). The molecular weight excluding hydrogens is 460 g/mol. The second kappa shape index (κ2) is 10.6. The number of ether oxygens (including phenoxy) is 3. The maximum Gasteiger partial charge on any atom is 0.295 e. The number of carbonyl (C=O) groups is 2. The number of amides is 1. The molecule has 8 heteroatoms. The number of benzene rings is 2. The number of likely N-dealkylation sites (N-methyl/N-ethyl adjacent to an activating group) is 1. The lowest BCUT2D eigenvalue weighted by Crippen LogP contribution is -2.35. The second-order valence-corrected chi connectivity index (χ2v) is 9.32. The van der Waals surface area contributed by atoms with E-state index in [0.717, 1.165) is 11.3 Å². The first-order valence-corrected chi connectivity index (χ1v) is 12.4. The van der Waals surface area contributed by atoms with Crippen LogP contribution in [0.15, 0.2) is 42.0 Å². The minimum atomic E-state index is -0.761. The lowest BCUT2D eigenvalue weighted by atomic mass is 9.94. The first-order valence-electron chi connectivity index (χ1n) is 12.4. The van der Waals surface area contributed by atoms with Gasteiger partial charge in [-0.2, -0.15) is 0 Å². The number of hydrogen-bond donors (Lipinski definition) is 1. The van der Waals surface area contributed by atoms with Gasteiger partial charge in [0.1, 0.15) is 17.6 Å². The van der Waals surface area contributed by atoms with E-state index in [1.54, 1.807) is 24.3 Å². The first-order chi connectivity index (χ1) is 17.2. The van der Waals surface area contributed by atoms with Gasteiger partial charge in [-0.15, -0.1) is 0 Å². The summed E-state index contributed by atoms with van der Waals surface area (Å²) >= 11 is 0. The van der Waals surface area contributed by atoms with E-state index in [0.29, 0.717) is 55.4 Å². The number of likely N-dealkylation sites (tertiary alicyclic amines) is 1. The van der Waals surface area contributed by atoms with Crippen molar-refractivity contribution in [2.24, 2.45) is 0 Å². The summed E-state index contributed by atoms with van der Waals surface area (Å²) in [6.07, 6.45) is 0.767. The third kappa shape index (κ3) is 4.91. The summed E-state index contributed by atoms with van der Waals surface area (Å²) in [7, 11) is 3.81. The molecule has 2 aromatic rings. The van der Waals surface area contributed by atoms with Crippen molar-refractivity contribution in [3.8, 4) is 17.2 Å². The molecule has 2 aromatic carbocycles. The van der Waals surface area contributed by atoms with Gasteiger partial charge in [0.2, 0.25) is 0 Å². The van der Waals surface area contributed by atoms with Crippen LogP contribution in [0.25, 0.3) is 5.76 Å². The Hall–Kier alpha value is -3.52. The van der Waals surface area contributed by atoms with Gasteiger partial charge in [-0.3, -0.25) is 9.59 Å². The topological polar surface area (TPSA) is 88.5 Å². The summed E-state index contributed by atoms with van der Waals surface area (Å²) in [5.41, 5.74) is 2.18. The largest absolute Gasteiger partial charge is 0.507 e. The van der Waals surface area contributed by atoms with Crippen LogP contribution in [0.2, 0.25) is 0 Å². The van der Waals surface area contributed by atoms with Gasteiger partial charge in [-0.05, 0) is 76.3 Å². The predicted octanol–water partition coefficient (Wildman–Crippen LogP) is 3.79. The van der Waals surface area contributed by atoms with Crippen LogP contribution in [-0.4, -0.2) is 73.1 Å². The molecule has 36 heavy (non-hydrogen) atoms. The van der Waals surface area contributed by atoms with Crippen molar-refractivity contribution in [2.45, 2.75) is 39.3 Å². The molecule has 0 radical (unpaired) electrons. The number of aliphatic hydroxyl groups is 1. The molecular formula is C28H34N2O6. The SMILES string of the molecule is CCOc1ccc([C@H]2/C(=C(\O)c3ccc4c(c3)C[C@@H](C)O4)C(=O)C(=O)N2CCN(C)C)cc1OCC. The average molecular weight is 495 g/mol. The van der Waals surface area contributed by atoms with Crippen LogP contribution in [0.5, 0.6) is 17.2 Å². The van der Waals surface area contributed by atoms with Crippen LogP contribution >= 0.6 is 0 Å². The highest BCUT2D eigenvalue weighted by atomic mass is 16.5. The van der Waals surface area contributed by atoms with Crippen LogP contribution in [0.3, 0.4) is 0 Å². The molecule has 8 nitrogen and oxygen atoms in total. The standard InChI is InChI=1S/C28H34N2O6/c1-6-34-22-11-8-18(16-23(22)35-7-2)25-24(27(32)28(33)30(25)13-12-29(4)5)26(31)19-9-10-21-20(15-19)14-17(3)36-21/h8-11,15-17,25,31H,6-7,12-14H2,1-5H3/b26-24+/t17-,25+/m1/s1. The first kappa shape index (κ1) is 25.6. The third-order valence-corrected chi connectivity index (χ3v) is 6.38. The molecule has 2 atom stereocenters. The van der Waals surface area contributed by atoms with Crippen molar-refractivity contribution < 1.29 is 28.9 Å². The number of carbonyl (C=O) groups excluding carboxylic acids is 2. The summed E-state index contributed by atoms with van der Waals surface area (Å²) < 4.78 is 17.3. The van der Waals surface area contributed by atoms with Gasteiger partial charge >= 0.3 is 0 Å². The smallest absolute Gasteiger partial charge is 0.295 e. The Labute approximate surface area is 212 Å². The minimum Gasteiger partial charge on any atom is -0.507 e. The molecule has 0 aliphatic carbocycles. The molecule has 1 fully saturated rings. The third-order valence-electron chi connectivity index (χ3n) is 6.38. The zero-order valence-electron chi connectivity index (χ0n) is 21.5. The zero-order valence-corrected chi connectivity index (χ0v) is 21.5. The van der Waals surface area contributed by atoms with Crippen molar-refractivity contribution in [2.75, 3.05) is 40.4 Å². The lowest BCUT2D eigenvalue weighted by molar-refractivity contribution is -0.140. The Morgan fingerprint density at radius 3 is 2.50 bits per heavy atom. The predicted molar refractivity (Wildman–Crippen MR) is 137 cm³/mol. The molecule has 1 amide bonds. The quantitative estimate of drug-likeness (QED) is 0.322. The van der Waals surface area contributed by atoms with Crippen molar-refractivity contribution in [3.05, 3.63) is 58.7 Å². The maximum atomic E-state index is 13.3. The van der Waals surface area contributed by atoms with Gasteiger partial charge in [0, 0.05) is 25.1 Å². The summed E-state index contributed by atoms with van der Waals surface area (Å²) in [6, 6.07) is 9.99. The molecule has 2 aliphatic rings. The Bertz CT molecular complexity index is 1190. The number of fused-ring (bicyclic) bond motifs is 1. The summed E-state index contributed by atoms with van der Waals surface area (Å²) in [6.45, 7) is 7.55. The Balaban J connectivity index is 1.84. The number of ketones is 1. The van der Waals surface area contributed by atoms with E-state index < -0.39 is 17.7 Å². The highest BCUT2D eigenvalue weighted by Crippen LogP contribution is 2.42. The highest BCUT2D eigenvalue weighted by molar-refractivity contribution is 6.46. The molecule has 0 unspecified atom stereocenters. The van der Waals surface area contributed by atoms with Gasteiger partial charge < -0.3 is 29.1 Å². The fraction of sp³-hybridized carbons (Fsp3) is 0.429. The van der Waals surface area contributed by atoms with Crippen LogP contribution in [0, 0.1) is 0 Å². The van der Waals surface area contributed by atoms with Crippen LogP contribution in [0.1, 0.15) is 43.5 Å². The number of rotatable bonds is 9. The van der Waals surface area contributed by atoms with E-state index in [4.69, 9.17) is 14.2 Å². The molecule has 0 spiro atoms. The fourth-order valence-corrected chi connectivity index (χ4v) is 4.73. The molecule has 192 valence electrons. The monoisotopic (exact) mass is 494 g/mol. The second-order valence-electron chi connectivity index (χ2n) is 9.32. The van der Waals surface area contributed by atoms with Crippen molar-refractivity contribution in [3.63, 3.8) is 0 Å². The maximum absolute atomic E-state index is 13.3. The molecule has 0 bridgehead atoms. The number of hydrogen-bond acceptors (Lipinski definition) is 7. The normalized spacial score (nSPS) is 20.6. The van der Waals surface area contributed by atoms with Crippen molar-refractivity contribution >= 4 is 17.4 Å². The van der Waals surface area contributed by atoms with E-state index >= 15 is 0 Å². The fourth-order valence-electron chi connectivity index (χ4n) is 4.73. The van der Waals surface area contributed by atoms with Crippen LogP contribution in [0.4, 0.5) is 0 Å². The minimum absolute atomic E-state index is 0.0508. The van der Waals surface area contributed by atoms with E-state index in [1.165, 1.54) is 4.90 Å². The molecule has 1 saturated heterocycles. The molecule has 2 heterocycles. The Morgan fingerprint density at radius 1 is 1.08 bits per heavy atom. The van der Waals surface area contributed by atoms with Crippen molar-refractivity contribution in [1.82, 2.24) is 9.80 Å². The van der Waals surface area contributed by atoms with Gasteiger partial charge in [0.05, 0.1) is 24.8 Å². The van der Waals surface area contributed by atoms with E-state index in [-0.39, 0.29) is 17.4 Å². The van der Waals surface area contributed by atoms with Gasteiger partial charge in [0.25, 0.3) is 11.7 Å². The Kier molecular flexibility index (Phi) is 7.54. The summed E-state index contributed by atoms with van der Waals surface area (Å²) in [5.74, 6) is 0.358. The summed E-state index contributed by atoms with van der Waals surface area (Å²) in [5, 5.41) is 11.4. The lowest BCUT2D eigenvalue weighted by Gasteiger charge is -2.27. The molecule has 0 aromatic heterocycles. The van der Waals surface area contributed by atoms with Gasteiger partial charge in [-0.25, -0.2) is 0 Å². The molecule has 0 saturated carbocycles. The number of aliphatic hydroxyl groups excluding tert-OH is 1. The highest BCUT2D eigenvalue weighted by Gasteiger charge is 2.46. The summed E-state index contributed by atoms with van der Waals surface area (Å²) in [4.78, 5) is 30.0. The van der Waals surface area contributed by atoms with Crippen molar-refractivity contribution in [1.29, 1.82) is 0 Å². The number of nitrogens with zero attached hydrogens (tertiary/aromatic N) is 2. The number of Topliss-reactive ketones (excluding diaryl/α,β-unsaturated/α-hetero) is 1. The van der Waals surface area contributed by atoms with Gasteiger partial charge in [0.15, 0.2) is 11.5 Å². The molecule has 1 N–H and O–H groups in total. The van der Waals surface area contributed by atoms with E-state index in [1.807, 2.05) is 51.9 Å². The van der Waals surface area contributed by atoms with E-state index in [9.17, 15) is 14.7 Å². The van der Waals surface area contributed by atoms with E-state index in [2.05, 4.69) is 0 Å². The Morgan fingerprint density at radius 2 is 1.81 bits per heavy atom. The zero-order chi connectivity index (χ0) is 26.0.